The minimum absolute atomic E-state index is 0.0750. The first-order valence-corrected chi connectivity index (χ1v) is 5.06. The molecule has 5 nitrogen and oxygen atoms in total. The second-order valence-corrected chi connectivity index (χ2v) is 3.50. The number of aliphatic hydroxyl groups excluding tert-OH is 1. The van der Waals surface area contributed by atoms with Gasteiger partial charge in [-0.25, -0.2) is 0 Å². The molecule has 0 aromatic heterocycles. The van der Waals surface area contributed by atoms with Crippen LogP contribution in [0.15, 0.2) is 0 Å². The molecule has 0 spiro atoms. The molecule has 0 aromatic carbocycles. The molecule has 2 unspecified atom stereocenters. The maximum absolute atomic E-state index is 11.3. The van der Waals surface area contributed by atoms with E-state index in [4.69, 9.17) is 9.47 Å². The third kappa shape index (κ3) is 8.35. The summed E-state index contributed by atoms with van der Waals surface area (Å²) in [6.07, 6.45) is 0.538. The van der Waals surface area contributed by atoms with Gasteiger partial charge in [-0.05, 0) is 13.3 Å². The van der Waals surface area contributed by atoms with Crippen LogP contribution in [0.2, 0.25) is 0 Å². The molecule has 15 heavy (non-hydrogen) atoms. The third-order valence-electron chi connectivity index (χ3n) is 2.07. The zero-order chi connectivity index (χ0) is 11.7. The maximum Gasteiger partial charge on any atom is 0.220 e. The molecule has 0 rings (SSSR count). The van der Waals surface area contributed by atoms with E-state index < -0.39 is 6.10 Å². The van der Waals surface area contributed by atoms with E-state index in [-0.39, 0.29) is 25.2 Å². The second kappa shape index (κ2) is 8.64. The Labute approximate surface area is 90.8 Å². The van der Waals surface area contributed by atoms with Gasteiger partial charge in [0.1, 0.15) is 0 Å². The average Bonchev–Trinajstić information content (AvgIpc) is 2.23. The zero-order valence-electron chi connectivity index (χ0n) is 9.66. The van der Waals surface area contributed by atoms with E-state index >= 15 is 0 Å². The number of hydrogen-bond donors (Lipinski definition) is 2. The van der Waals surface area contributed by atoms with Gasteiger partial charge in [0.05, 0.1) is 18.8 Å². The van der Waals surface area contributed by atoms with Crippen molar-refractivity contribution in [1.29, 1.82) is 0 Å². The normalized spacial score (nSPS) is 14.7. The van der Waals surface area contributed by atoms with Crippen LogP contribution in [-0.4, -0.2) is 50.6 Å². The van der Waals surface area contributed by atoms with E-state index in [1.54, 1.807) is 7.11 Å². The summed E-state index contributed by atoms with van der Waals surface area (Å²) >= 11 is 0. The summed E-state index contributed by atoms with van der Waals surface area (Å²) in [7, 11) is 3.12. The van der Waals surface area contributed by atoms with Gasteiger partial charge in [-0.15, -0.1) is 0 Å². The van der Waals surface area contributed by atoms with Crippen LogP contribution in [0.1, 0.15) is 19.8 Å². The minimum atomic E-state index is -0.640. The molecule has 0 aliphatic heterocycles. The first-order chi connectivity index (χ1) is 7.10. The van der Waals surface area contributed by atoms with Gasteiger partial charge >= 0.3 is 0 Å². The number of carbonyl (C=O) groups excluding carboxylic acids is 1. The van der Waals surface area contributed by atoms with Gasteiger partial charge in [-0.3, -0.25) is 4.79 Å². The summed E-state index contributed by atoms with van der Waals surface area (Å²) in [6, 6.07) is 0. The molecule has 0 aromatic rings. The van der Waals surface area contributed by atoms with E-state index in [0.717, 1.165) is 0 Å². The minimum Gasteiger partial charge on any atom is -0.389 e. The standard InChI is InChI=1S/C10H21NO4/c1-8(15-3)4-5-10(13)11-6-9(12)7-14-2/h8-9,12H,4-7H2,1-3H3,(H,11,13). The van der Waals surface area contributed by atoms with Crippen molar-refractivity contribution >= 4 is 5.91 Å². The summed E-state index contributed by atoms with van der Waals surface area (Å²) in [5.41, 5.74) is 0. The van der Waals surface area contributed by atoms with Gasteiger partial charge in [0.25, 0.3) is 0 Å². The lowest BCUT2D eigenvalue weighted by Crippen LogP contribution is -2.34. The number of aliphatic hydroxyl groups is 1. The Morgan fingerprint density at radius 1 is 1.47 bits per heavy atom. The SMILES string of the molecule is COCC(O)CNC(=O)CCC(C)OC. The van der Waals surface area contributed by atoms with Gasteiger partial charge < -0.3 is 19.9 Å². The molecule has 5 heteroatoms. The van der Waals surface area contributed by atoms with E-state index in [1.165, 1.54) is 7.11 Å². The molecular weight excluding hydrogens is 198 g/mol. The highest BCUT2D eigenvalue weighted by molar-refractivity contribution is 5.75. The predicted octanol–water partition coefficient (Wildman–Crippen LogP) is -0.0750. The number of hydrogen-bond acceptors (Lipinski definition) is 4. The molecule has 90 valence electrons. The smallest absolute Gasteiger partial charge is 0.220 e. The number of ether oxygens (including phenoxy) is 2. The number of methoxy groups -OCH3 is 2. The predicted molar refractivity (Wildman–Crippen MR) is 56.6 cm³/mol. The number of nitrogens with one attached hydrogen (secondary N) is 1. The third-order valence-corrected chi connectivity index (χ3v) is 2.07. The number of rotatable bonds is 8. The Morgan fingerprint density at radius 3 is 2.67 bits per heavy atom. The molecule has 2 atom stereocenters. The van der Waals surface area contributed by atoms with E-state index in [0.29, 0.717) is 12.8 Å². The fourth-order valence-electron chi connectivity index (χ4n) is 1.02. The number of amides is 1. The van der Waals surface area contributed by atoms with Gasteiger partial charge in [0, 0.05) is 27.2 Å². The quantitative estimate of drug-likeness (QED) is 0.599. The van der Waals surface area contributed by atoms with E-state index in [1.807, 2.05) is 6.92 Å². The molecule has 1 amide bonds. The van der Waals surface area contributed by atoms with Crippen molar-refractivity contribution in [3.05, 3.63) is 0 Å². The lowest BCUT2D eigenvalue weighted by atomic mass is 10.2. The first kappa shape index (κ1) is 14.3. The summed E-state index contributed by atoms with van der Waals surface area (Å²) in [4.78, 5) is 11.3. The monoisotopic (exact) mass is 219 g/mol. The summed E-state index contributed by atoms with van der Waals surface area (Å²) in [6.45, 7) is 2.37. The van der Waals surface area contributed by atoms with Crippen LogP contribution in [-0.2, 0) is 14.3 Å². The molecule has 2 N–H and O–H groups in total. The lowest BCUT2D eigenvalue weighted by molar-refractivity contribution is -0.122. The topological polar surface area (TPSA) is 67.8 Å². The van der Waals surface area contributed by atoms with Crippen molar-refractivity contribution in [1.82, 2.24) is 5.32 Å². The Kier molecular flexibility index (Phi) is 8.27. The van der Waals surface area contributed by atoms with Crippen molar-refractivity contribution in [3.63, 3.8) is 0 Å². The maximum atomic E-state index is 11.3. The molecular formula is C10H21NO4. The van der Waals surface area contributed by atoms with Crippen molar-refractivity contribution in [2.45, 2.75) is 32.0 Å². The Balaban J connectivity index is 3.48. The molecule has 0 aliphatic carbocycles. The van der Waals surface area contributed by atoms with E-state index in [9.17, 15) is 9.90 Å². The summed E-state index contributed by atoms with van der Waals surface area (Å²) in [5.74, 6) is -0.0750. The summed E-state index contributed by atoms with van der Waals surface area (Å²) < 4.78 is 9.75. The van der Waals surface area contributed by atoms with Crippen LogP contribution in [0.5, 0.6) is 0 Å². The van der Waals surface area contributed by atoms with Crippen LogP contribution >= 0.6 is 0 Å². The van der Waals surface area contributed by atoms with E-state index in [2.05, 4.69) is 5.32 Å². The molecule has 0 bridgehead atoms. The average molecular weight is 219 g/mol. The highest BCUT2D eigenvalue weighted by Crippen LogP contribution is 1.99. The van der Waals surface area contributed by atoms with Gasteiger partial charge in [0.15, 0.2) is 0 Å². The van der Waals surface area contributed by atoms with Crippen LogP contribution in [0, 0.1) is 0 Å². The first-order valence-electron chi connectivity index (χ1n) is 5.06. The van der Waals surface area contributed by atoms with Crippen molar-refractivity contribution in [2.75, 3.05) is 27.4 Å². The second-order valence-electron chi connectivity index (χ2n) is 3.50. The van der Waals surface area contributed by atoms with Crippen LogP contribution in [0.25, 0.3) is 0 Å². The van der Waals surface area contributed by atoms with Crippen LogP contribution in [0.4, 0.5) is 0 Å². The highest BCUT2D eigenvalue weighted by atomic mass is 16.5. The Morgan fingerprint density at radius 2 is 2.13 bits per heavy atom. The fourth-order valence-corrected chi connectivity index (χ4v) is 1.02. The highest BCUT2D eigenvalue weighted by Gasteiger charge is 2.08. The molecule has 0 aliphatic rings. The number of carbonyl (C=O) groups is 1. The Bertz CT molecular complexity index is 175. The molecule has 0 fully saturated rings. The molecule has 0 saturated carbocycles. The van der Waals surface area contributed by atoms with Gasteiger partial charge in [-0.2, -0.15) is 0 Å². The fraction of sp³-hybridized carbons (Fsp3) is 0.900. The van der Waals surface area contributed by atoms with Gasteiger partial charge in [0.2, 0.25) is 5.91 Å². The molecule has 0 saturated heterocycles. The Hall–Kier alpha value is -0.650. The zero-order valence-corrected chi connectivity index (χ0v) is 9.66. The molecule has 0 radical (unpaired) electrons. The van der Waals surface area contributed by atoms with Crippen molar-refractivity contribution in [3.8, 4) is 0 Å². The van der Waals surface area contributed by atoms with Crippen molar-refractivity contribution < 1.29 is 19.4 Å². The van der Waals surface area contributed by atoms with Crippen LogP contribution < -0.4 is 5.32 Å². The lowest BCUT2D eigenvalue weighted by Gasteiger charge is -2.12. The van der Waals surface area contributed by atoms with Crippen molar-refractivity contribution in [2.24, 2.45) is 0 Å². The largest absolute Gasteiger partial charge is 0.389 e. The molecule has 0 heterocycles. The summed E-state index contributed by atoms with van der Waals surface area (Å²) in [5, 5.41) is 11.9. The van der Waals surface area contributed by atoms with Gasteiger partial charge in [-0.1, -0.05) is 0 Å². The van der Waals surface area contributed by atoms with Crippen LogP contribution in [0.3, 0.4) is 0 Å².